The maximum atomic E-state index is 12.1. The van der Waals surface area contributed by atoms with E-state index in [1.54, 1.807) is 0 Å². The molecule has 0 aromatic carbocycles. The molecule has 0 amide bonds. The van der Waals surface area contributed by atoms with Gasteiger partial charge < -0.3 is 10.1 Å². The summed E-state index contributed by atoms with van der Waals surface area (Å²) in [5, 5.41) is 16.5. The molecule has 0 aliphatic carbocycles. The average Bonchev–Trinajstić information content (AvgIpc) is 3.18. The second-order valence-electron chi connectivity index (χ2n) is 6.42. The third-order valence-corrected chi connectivity index (χ3v) is 5.48. The van der Waals surface area contributed by atoms with Crippen LogP contribution in [0.2, 0.25) is 0 Å². The first-order chi connectivity index (χ1) is 12.1. The summed E-state index contributed by atoms with van der Waals surface area (Å²) in [7, 11) is 0. The standard InChI is InChI=1S/C17H21N5O2S/c1-2-14(23)13-8-11-9-21(5-3-6-22(11)20-13)10-15-18-12-4-7-25-16(12)17(24)19-15/h4,7-8,14,23H,2-3,5-6,9-10H2,1H3,(H,18,19,24)/t14-/m0/s1. The molecule has 1 aliphatic heterocycles. The molecule has 0 unspecified atom stereocenters. The van der Waals surface area contributed by atoms with E-state index in [0.717, 1.165) is 43.0 Å². The minimum Gasteiger partial charge on any atom is -0.387 e. The zero-order valence-corrected chi connectivity index (χ0v) is 14.9. The molecule has 0 radical (unpaired) electrons. The normalized spacial score (nSPS) is 16.7. The fourth-order valence-corrected chi connectivity index (χ4v) is 3.99. The Morgan fingerprint density at radius 2 is 2.32 bits per heavy atom. The van der Waals surface area contributed by atoms with Crippen molar-refractivity contribution < 1.29 is 5.11 Å². The van der Waals surface area contributed by atoms with Crippen molar-refractivity contribution in [3.8, 4) is 0 Å². The average molecular weight is 359 g/mol. The van der Waals surface area contributed by atoms with Gasteiger partial charge in [-0.3, -0.25) is 14.4 Å². The van der Waals surface area contributed by atoms with Gasteiger partial charge in [0, 0.05) is 19.6 Å². The number of H-pyrrole nitrogens is 1. The lowest BCUT2D eigenvalue weighted by Gasteiger charge is -2.18. The van der Waals surface area contributed by atoms with Gasteiger partial charge in [-0.1, -0.05) is 6.92 Å². The van der Waals surface area contributed by atoms with E-state index in [1.165, 1.54) is 11.3 Å². The third kappa shape index (κ3) is 3.24. The van der Waals surface area contributed by atoms with Crippen molar-refractivity contribution in [1.29, 1.82) is 0 Å². The molecule has 25 heavy (non-hydrogen) atoms. The summed E-state index contributed by atoms with van der Waals surface area (Å²) in [6.07, 6.45) is 1.12. The van der Waals surface area contributed by atoms with E-state index in [9.17, 15) is 9.90 Å². The highest BCUT2D eigenvalue weighted by Gasteiger charge is 2.20. The van der Waals surface area contributed by atoms with Crippen molar-refractivity contribution in [1.82, 2.24) is 24.6 Å². The van der Waals surface area contributed by atoms with Gasteiger partial charge in [0.15, 0.2) is 0 Å². The predicted molar refractivity (Wildman–Crippen MR) is 96.4 cm³/mol. The van der Waals surface area contributed by atoms with Crippen LogP contribution in [-0.4, -0.2) is 36.3 Å². The SMILES string of the molecule is CC[C@H](O)c1cc2n(n1)CCCN(Cc1nc3ccsc3c(=O)[nH]1)C2. The molecule has 8 heteroatoms. The van der Waals surface area contributed by atoms with Gasteiger partial charge in [-0.15, -0.1) is 11.3 Å². The minimum atomic E-state index is -0.508. The summed E-state index contributed by atoms with van der Waals surface area (Å²) in [6, 6.07) is 3.87. The number of nitrogens with one attached hydrogen (secondary N) is 1. The summed E-state index contributed by atoms with van der Waals surface area (Å²) < 4.78 is 2.67. The number of aromatic amines is 1. The van der Waals surface area contributed by atoms with Gasteiger partial charge in [0.1, 0.15) is 10.5 Å². The largest absolute Gasteiger partial charge is 0.387 e. The number of aliphatic hydroxyl groups excluding tert-OH is 1. The molecule has 4 heterocycles. The van der Waals surface area contributed by atoms with Crippen LogP contribution >= 0.6 is 11.3 Å². The number of hydrogen-bond donors (Lipinski definition) is 2. The molecular formula is C17H21N5O2S. The smallest absolute Gasteiger partial charge is 0.268 e. The summed E-state index contributed by atoms with van der Waals surface area (Å²) >= 11 is 1.42. The van der Waals surface area contributed by atoms with Crippen molar-refractivity contribution >= 4 is 21.6 Å². The van der Waals surface area contributed by atoms with Crippen LogP contribution in [0.15, 0.2) is 22.3 Å². The molecule has 0 bridgehead atoms. The highest BCUT2D eigenvalue weighted by molar-refractivity contribution is 7.17. The Labute approximate surface area is 148 Å². The Bertz CT molecular complexity index is 944. The Morgan fingerprint density at radius 3 is 3.16 bits per heavy atom. The van der Waals surface area contributed by atoms with E-state index < -0.39 is 6.10 Å². The first kappa shape index (κ1) is 16.4. The minimum absolute atomic E-state index is 0.0665. The maximum Gasteiger partial charge on any atom is 0.268 e. The van der Waals surface area contributed by atoms with E-state index in [-0.39, 0.29) is 5.56 Å². The van der Waals surface area contributed by atoms with E-state index in [1.807, 2.05) is 29.1 Å². The third-order valence-electron chi connectivity index (χ3n) is 4.58. The molecule has 3 aromatic heterocycles. The van der Waals surface area contributed by atoms with Crippen LogP contribution in [-0.2, 0) is 19.6 Å². The zero-order chi connectivity index (χ0) is 17.4. The summed E-state index contributed by atoms with van der Waals surface area (Å²) in [5.74, 6) is 0.692. The number of fused-ring (bicyclic) bond motifs is 2. The molecule has 0 saturated carbocycles. The Kier molecular flexibility index (Phi) is 4.41. The molecule has 1 aliphatic rings. The van der Waals surface area contributed by atoms with Gasteiger partial charge in [0.2, 0.25) is 0 Å². The predicted octanol–water partition coefficient (Wildman–Crippen LogP) is 2.03. The van der Waals surface area contributed by atoms with Crippen LogP contribution in [0.3, 0.4) is 0 Å². The lowest BCUT2D eigenvalue weighted by Crippen LogP contribution is -2.25. The molecule has 0 spiro atoms. The van der Waals surface area contributed by atoms with Gasteiger partial charge in [0.25, 0.3) is 5.56 Å². The fraction of sp³-hybridized carbons (Fsp3) is 0.471. The van der Waals surface area contributed by atoms with Crippen molar-refractivity contribution in [3.63, 3.8) is 0 Å². The second-order valence-corrected chi connectivity index (χ2v) is 7.34. The lowest BCUT2D eigenvalue weighted by atomic mass is 10.2. The van der Waals surface area contributed by atoms with Gasteiger partial charge in [-0.05, 0) is 30.4 Å². The van der Waals surface area contributed by atoms with Crippen LogP contribution in [0.1, 0.15) is 43.1 Å². The van der Waals surface area contributed by atoms with Crippen molar-refractivity contribution in [2.45, 2.75) is 45.5 Å². The second kappa shape index (κ2) is 6.70. The first-order valence-corrected chi connectivity index (χ1v) is 9.45. The summed E-state index contributed by atoms with van der Waals surface area (Å²) in [6.45, 7) is 5.03. The molecule has 3 aromatic rings. The number of hydrogen-bond acceptors (Lipinski definition) is 6. The van der Waals surface area contributed by atoms with Gasteiger partial charge in [-0.2, -0.15) is 5.10 Å². The molecule has 4 rings (SSSR count). The molecule has 7 nitrogen and oxygen atoms in total. The molecule has 132 valence electrons. The van der Waals surface area contributed by atoms with Crippen LogP contribution in [0.5, 0.6) is 0 Å². The molecule has 1 atom stereocenters. The lowest BCUT2D eigenvalue weighted by molar-refractivity contribution is 0.167. The molecule has 0 fully saturated rings. The highest BCUT2D eigenvalue weighted by Crippen LogP contribution is 2.21. The Balaban J connectivity index is 1.56. The summed E-state index contributed by atoms with van der Waals surface area (Å²) in [4.78, 5) is 21.9. The first-order valence-electron chi connectivity index (χ1n) is 8.57. The number of aryl methyl sites for hydroxylation is 1. The monoisotopic (exact) mass is 359 g/mol. The quantitative estimate of drug-likeness (QED) is 0.744. The summed E-state index contributed by atoms with van der Waals surface area (Å²) in [5.41, 5.74) is 2.53. The maximum absolute atomic E-state index is 12.1. The topological polar surface area (TPSA) is 87.0 Å². The number of rotatable bonds is 4. The van der Waals surface area contributed by atoms with Crippen LogP contribution in [0.25, 0.3) is 10.2 Å². The number of aliphatic hydroxyl groups is 1. The van der Waals surface area contributed by atoms with Gasteiger partial charge in [0.05, 0.1) is 29.6 Å². The molecule has 2 N–H and O–H groups in total. The van der Waals surface area contributed by atoms with Crippen LogP contribution in [0.4, 0.5) is 0 Å². The molecule has 0 saturated heterocycles. The fourth-order valence-electron chi connectivity index (χ4n) is 3.27. The van der Waals surface area contributed by atoms with E-state index in [0.29, 0.717) is 23.5 Å². The van der Waals surface area contributed by atoms with E-state index >= 15 is 0 Å². The highest BCUT2D eigenvalue weighted by atomic mass is 32.1. The zero-order valence-electron chi connectivity index (χ0n) is 14.1. The van der Waals surface area contributed by atoms with Gasteiger partial charge >= 0.3 is 0 Å². The van der Waals surface area contributed by atoms with Crippen molar-refractivity contribution in [2.75, 3.05) is 6.54 Å². The number of aromatic nitrogens is 4. The van der Waals surface area contributed by atoms with Crippen molar-refractivity contribution in [2.24, 2.45) is 0 Å². The van der Waals surface area contributed by atoms with Crippen LogP contribution < -0.4 is 5.56 Å². The van der Waals surface area contributed by atoms with Gasteiger partial charge in [-0.25, -0.2) is 4.98 Å². The number of thiophene rings is 1. The Hall–Kier alpha value is -2.03. The van der Waals surface area contributed by atoms with Crippen molar-refractivity contribution in [3.05, 3.63) is 45.1 Å². The van der Waals surface area contributed by atoms with E-state index in [2.05, 4.69) is 20.0 Å². The van der Waals surface area contributed by atoms with E-state index in [4.69, 9.17) is 0 Å². The van der Waals surface area contributed by atoms with Crippen LogP contribution in [0, 0.1) is 0 Å². The number of nitrogens with zero attached hydrogens (tertiary/aromatic N) is 4. The molecular weight excluding hydrogens is 338 g/mol. The Morgan fingerprint density at radius 1 is 1.44 bits per heavy atom.